The number of aryl methyl sites for hydroxylation is 1. The average Bonchev–Trinajstić information content (AvgIpc) is 2.37. The van der Waals surface area contributed by atoms with E-state index in [-0.39, 0.29) is 12.5 Å². The standard InChI is InChI=1S/C13H18BrClN2O2/c1-9-6-10(14)12(7-11(9)15)17-8-13(18)16-4-3-5-19-2/h6-7,17H,3-5,8H2,1-2H3,(H,16,18). The van der Waals surface area contributed by atoms with Gasteiger partial charge < -0.3 is 15.4 Å². The summed E-state index contributed by atoms with van der Waals surface area (Å²) < 4.78 is 5.80. The Morgan fingerprint density at radius 2 is 2.21 bits per heavy atom. The van der Waals surface area contributed by atoms with E-state index in [1.54, 1.807) is 13.2 Å². The van der Waals surface area contributed by atoms with Crippen LogP contribution in [0.5, 0.6) is 0 Å². The average molecular weight is 350 g/mol. The Labute approximate surface area is 127 Å². The summed E-state index contributed by atoms with van der Waals surface area (Å²) in [6, 6.07) is 3.72. The van der Waals surface area contributed by atoms with Gasteiger partial charge in [-0.15, -0.1) is 0 Å². The third-order valence-electron chi connectivity index (χ3n) is 2.54. The lowest BCUT2D eigenvalue weighted by molar-refractivity contribution is -0.119. The van der Waals surface area contributed by atoms with Gasteiger partial charge in [0.15, 0.2) is 0 Å². The Kier molecular flexibility index (Phi) is 7.20. The number of halogens is 2. The summed E-state index contributed by atoms with van der Waals surface area (Å²) in [6.07, 6.45) is 0.808. The van der Waals surface area contributed by atoms with Crippen LogP contribution < -0.4 is 10.6 Å². The highest BCUT2D eigenvalue weighted by Crippen LogP contribution is 2.28. The summed E-state index contributed by atoms with van der Waals surface area (Å²) >= 11 is 9.48. The second-order valence-electron chi connectivity index (χ2n) is 4.13. The van der Waals surface area contributed by atoms with Crippen molar-refractivity contribution in [2.75, 3.05) is 32.1 Å². The minimum atomic E-state index is -0.0558. The summed E-state index contributed by atoms with van der Waals surface area (Å²) in [5.41, 5.74) is 1.80. The van der Waals surface area contributed by atoms with E-state index in [4.69, 9.17) is 16.3 Å². The van der Waals surface area contributed by atoms with Crippen LogP contribution in [-0.2, 0) is 9.53 Å². The normalized spacial score (nSPS) is 10.3. The maximum absolute atomic E-state index is 11.6. The first-order valence-electron chi connectivity index (χ1n) is 5.99. The molecule has 0 aliphatic heterocycles. The van der Waals surface area contributed by atoms with Crippen LogP contribution in [-0.4, -0.2) is 32.7 Å². The van der Waals surface area contributed by atoms with Gasteiger partial charge in [0.05, 0.1) is 12.2 Å². The van der Waals surface area contributed by atoms with E-state index in [0.29, 0.717) is 18.2 Å². The van der Waals surface area contributed by atoms with Crippen LogP contribution in [0.25, 0.3) is 0 Å². The molecule has 0 heterocycles. The number of ether oxygens (including phenoxy) is 1. The smallest absolute Gasteiger partial charge is 0.239 e. The fourth-order valence-electron chi connectivity index (χ4n) is 1.46. The van der Waals surface area contributed by atoms with Crippen molar-refractivity contribution >= 4 is 39.1 Å². The predicted molar refractivity (Wildman–Crippen MR) is 81.9 cm³/mol. The molecule has 0 bridgehead atoms. The molecule has 0 atom stereocenters. The Morgan fingerprint density at radius 1 is 1.47 bits per heavy atom. The summed E-state index contributed by atoms with van der Waals surface area (Å²) in [5.74, 6) is -0.0558. The van der Waals surface area contributed by atoms with Crippen LogP contribution in [0.3, 0.4) is 0 Å². The summed E-state index contributed by atoms with van der Waals surface area (Å²) in [4.78, 5) is 11.6. The number of anilines is 1. The second-order valence-corrected chi connectivity index (χ2v) is 5.39. The second kappa shape index (κ2) is 8.40. The highest BCUT2D eigenvalue weighted by molar-refractivity contribution is 9.10. The van der Waals surface area contributed by atoms with Crippen molar-refractivity contribution in [3.63, 3.8) is 0 Å². The molecule has 1 aromatic rings. The van der Waals surface area contributed by atoms with Crippen molar-refractivity contribution in [2.45, 2.75) is 13.3 Å². The third kappa shape index (κ3) is 5.80. The number of methoxy groups -OCH3 is 1. The number of amides is 1. The molecule has 2 N–H and O–H groups in total. The van der Waals surface area contributed by atoms with Crippen LogP contribution in [0, 0.1) is 6.92 Å². The van der Waals surface area contributed by atoms with Gasteiger partial charge in [0.2, 0.25) is 5.91 Å². The SMILES string of the molecule is COCCCNC(=O)CNc1cc(Cl)c(C)cc1Br. The molecule has 4 nitrogen and oxygen atoms in total. The lowest BCUT2D eigenvalue weighted by atomic mass is 10.2. The van der Waals surface area contributed by atoms with E-state index in [1.807, 2.05) is 13.0 Å². The van der Waals surface area contributed by atoms with Crippen LogP contribution in [0.4, 0.5) is 5.69 Å². The van der Waals surface area contributed by atoms with E-state index in [1.165, 1.54) is 0 Å². The molecule has 1 rings (SSSR count). The van der Waals surface area contributed by atoms with Gasteiger partial charge in [-0.3, -0.25) is 4.79 Å². The molecule has 0 unspecified atom stereocenters. The van der Waals surface area contributed by atoms with Crippen molar-refractivity contribution in [3.8, 4) is 0 Å². The minimum Gasteiger partial charge on any atom is -0.385 e. The van der Waals surface area contributed by atoms with Crippen LogP contribution >= 0.6 is 27.5 Å². The molecule has 6 heteroatoms. The van der Waals surface area contributed by atoms with Gasteiger partial charge in [0.25, 0.3) is 0 Å². The monoisotopic (exact) mass is 348 g/mol. The number of nitrogens with one attached hydrogen (secondary N) is 2. The molecule has 1 amide bonds. The summed E-state index contributed by atoms with van der Waals surface area (Å²) in [7, 11) is 1.64. The van der Waals surface area contributed by atoms with Crippen LogP contribution in [0.2, 0.25) is 5.02 Å². The van der Waals surface area contributed by atoms with E-state index in [2.05, 4.69) is 26.6 Å². The van der Waals surface area contributed by atoms with Gasteiger partial charge in [0.1, 0.15) is 0 Å². The zero-order valence-corrected chi connectivity index (χ0v) is 13.4. The number of rotatable bonds is 7. The summed E-state index contributed by atoms with van der Waals surface area (Å²) in [5, 5.41) is 6.52. The zero-order valence-electron chi connectivity index (χ0n) is 11.1. The molecule has 0 radical (unpaired) electrons. The molecule has 0 aliphatic rings. The highest BCUT2D eigenvalue weighted by Gasteiger charge is 2.06. The lowest BCUT2D eigenvalue weighted by Crippen LogP contribution is -2.31. The maximum atomic E-state index is 11.6. The number of hydrogen-bond donors (Lipinski definition) is 2. The quantitative estimate of drug-likeness (QED) is 0.744. The first kappa shape index (κ1) is 16.3. The van der Waals surface area contributed by atoms with Crippen molar-refractivity contribution in [3.05, 3.63) is 27.2 Å². The van der Waals surface area contributed by atoms with Gasteiger partial charge in [-0.2, -0.15) is 0 Å². The van der Waals surface area contributed by atoms with Crippen molar-refractivity contribution in [2.24, 2.45) is 0 Å². The van der Waals surface area contributed by atoms with E-state index in [0.717, 1.165) is 22.1 Å². The van der Waals surface area contributed by atoms with Crippen LogP contribution in [0.15, 0.2) is 16.6 Å². The Balaban J connectivity index is 2.40. The van der Waals surface area contributed by atoms with E-state index in [9.17, 15) is 4.79 Å². The molecular weight excluding hydrogens is 332 g/mol. The number of carbonyl (C=O) groups excluding carboxylic acids is 1. The Hall–Kier alpha value is -0.780. The van der Waals surface area contributed by atoms with Crippen molar-refractivity contribution in [1.82, 2.24) is 5.32 Å². The maximum Gasteiger partial charge on any atom is 0.239 e. The van der Waals surface area contributed by atoms with Gasteiger partial charge in [-0.25, -0.2) is 0 Å². The largest absolute Gasteiger partial charge is 0.385 e. The van der Waals surface area contributed by atoms with Gasteiger partial charge in [0, 0.05) is 29.8 Å². The van der Waals surface area contributed by atoms with Crippen molar-refractivity contribution in [1.29, 1.82) is 0 Å². The van der Waals surface area contributed by atoms with Gasteiger partial charge in [-0.1, -0.05) is 11.6 Å². The first-order valence-corrected chi connectivity index (χ1v) is 7.17. The molecule has 0 aliphatic carbocycles. The fourth-order valence-corrected chi connectivity index (χ4v) is 2.23. The third-order valence-corrected chi connectivity index (χ3v) is 3.60. The molecule has 106 valence electrons. The lowest BCUT2D eigenvalue weighted by Gasteiger charge is -2.11. The zero-order chi connectivity index (χ0) is 14.3. The summed E-state index contributed by atoms with van der Waals surface area (Å²) in [6.45, 7) is 3.40. The van der Waals surface area contributed by atoms with Crippen LogP contribution in [0.1, 0.15) is 12.0 Å². The molecule has 0 fully saturated rings. The number of hydrogen-bond acceptors (Lipinski definition) is 3. The first-order chi connectivity index (χ1) is 9.04. The van der Waals surface area contributed by atoms with E-state index >= 15 is 0 Å². The minimum absolute atomic E-state index is 0.0558. The molecular formula is C13H18BrClN2O2. The molecule has 0 aromatic heterocycles. The number of carbonyl (C=O) groups is 1. The molecule has 1 aromatic carbocycles. The predicted octanol–water partition coefficient (Wildman–Crippen LogP) is 2.98. The van der Waals surface area contributed by atoms with E-state index < -0.39 is 0 Å². The molecule has 0 spiro atoms. The highest BCUT2D eigenvalue weighted by atomic mass is 79.9. The van der Waals surface area contributed by atoms with Crippen molar-refractivity contribution < 1.29 is 9.53 Å². The van der Waals surface area contributed by atoms with Gasteiger partial charge >= 0.3 is 0 Å². The molecule has 19 heavy (non-hydrogen) atoms. The Morgan fingerprint density at radius 3 is 2.89 bits per heavy atom. The topological polar surface area (TPSA) is 50.4 Å². The molecule has 0 saturated carbocycles. The number of benzene rings is 1. The Bertz CT molecular complexity index is 441. The fraction of sp³-hybridized carbons (Fsp3) is 0.462. The van der Waals surface area contributed by atoms with Gasteiger partial charge in [-0.05, 0) is 47.0 Å². The molecule has 0 saturated heterocycles.